The Morgan fingerprint density at radius 1 is 1.53 bits per heavy atom. The maximum Gasteiger partial charge on any atom is 0.123 e. The average Bonchev–Trinajstić information content (AvgIpc) is 2.40. The fourth-order valence-corrected chi connectivity index (χ4v) is 2.55. The number of benzene rings is 1. The third-order valence-corrected chi connectivity index (χ3v) is 3.98. The molecule has 1 aromatic carbocycles. The number of hydrogen-bond donors (Lipinski definition) is 1. The van der Waals surface area contributed by atoms with Gasteiger partial charge in [-0.2, -0.15) is 5.26 Å². The Kier molecular flexibility index (Phi) is 4.52. The number of likely N-dealkylation sites (tertiary alicyclic amines) is 1. The lowest BCUT2D eigenvalue weighted by atomic mass is 9.98. The van der Waals surface area contributed by atoms with Crippen LogP contribution in [-0.2, 0) is 6.54 Å². The van der Waals surface area contributed by atoms with Crippen LogP contribution in [0.4, 0.5) is 4.39 Å². The predicted molar refractivity (Wildman–Crippen MR) is 73.1 cm³/mol. The zero-order valence-corrected chi connectivity index (χ0v) is 11.5. The number of piperidine rings is 1. The SMILES string of the molecule is CC1CC(NCc2cc(F)ccc2C#N)CCN1C. The van der Waals surface area contributed by atoms with E-state index in [4.69, 9.17) is 5.26 Å². The van der Waals surface area contributed by atoms with Crippen molar-refractivity contribution < 1.29 is 4.39 Å². The van der Waals surface area contributed by atoms with Crippen molar-refractivity contribution in [3.05, 3.63) is 35.1 Å². The molecule has 0 radical (unpaired) electrons. The molecule has 1 saturated heterocycles. The van der Waals surface area contributed by atoms with Crippen molar-refractivity contribution in [2.75, 3.05) is 13.6 Å². The number of halogens is 1. The smallest absolute Gasteiger partial charge is 0.123 e. The molecule has 0 aliphatic carbocycles. The van der Waals surface area contributed by atoms with Gasteiger partial charge in [-0.05, 0) is 57.1 Å². The average molecular weight is 261 g/mol. The summed E-state index contributed by atoms with van der Waals surface area (Å²) in [6, 6.07) is 7.45. The van der Waals surface area contributed by atoms with Crippen LogP contribution in [0.15, 0.2) is 18.2 Å². The first-order valence-corrected chi connectivity index (χ1v) is 6.72. The molecule has 102 valence electrons. The summed E-state index contributed by atoms with van der Waals surface area (Å²) in [6.07, 6.45) is 2.19. The highest BCUT2D eigenvalue weighted by atomic mass is 19.1. The topological polar surface area (TPSA) is 39.1 Å². The molecule has 0 spiro atoms. The van der Waals surface area contributed by atoms with Crippen molar-refractivity contribution in [1.82, 2.24) is 10.2 Å². The van der Waals surface area contributed by atoms with Crippen LogP contribution in [0.3, 0.4) is 0 Å². The lowest BCUT2D eigenvalue weighted by Crippen LogP contribution is -2.45. The number of hydrogen-bond acceptors (Lipinski definition) is 3. The second-order valence-electron chi connectivity index (χ2n) is 5.35. The standard InChI is InChI=1S/C15H20FN3/c1-11-7-15(5-6-19(11)2)18-10-13-8-14(16)4-3-12(13)9-17/h3-4,8,11,15,18H,5-7,10H2,1-2H3. The Labute approximate surface area is 114 Å². The molecule has 0 bridgehead atoms. The summed E-state index contributed by atoms with van der Waals surface area (Å²) in [7, 11) is 2.14. The third-order valence-electron chi connectivity index (χ3n) is 3.98. The van der Waals surface area contributed by atoms with Gasteiger partial charge in [0.1, 0.15) is 5.82 Å². The minimum atomic E-state index is -0.285. The van der Waals surface area contributed by atoms with Crippen LogP contribution in [0.25, 0.3) is 0 Å². The number of nitriles is 1. The van der Waals surface area contributed by atoms with Gasteiger partial charge < -0.3 is 10.2 Å². The van der Waals surface area contributed by atoms with Crippen molar-refractivity contribution in [1.29, 1.82) is 5.26 Å². The molecule has 0 saturated carbocycles. The molecule has 3 nitrogen and oxygen atoms in total. The van der Waals surface area contributed by atoms with Gasteiger partial charge in [0, 0.05) is 18.6 Å². The van der Waals surface area contributed by atoms with Gasteiger partial charge in [-0.25, -0.2) is 4.39 Å². The van der Waals surface area contributed by atoms with Crippen LogP contribution in [0.1, 0.15) is 30.9 Å². The number of rotatable bonds is 3. The van der Waals surface area contributed by atoms with E-state index < -0.39 is 0 Å². The highest BCUT2D eigenvalue weighted by Gasteiger charge is 2.22. The summed E-state index contributed by atoms with van der Waals surface area (Å²) < 4.78 is 13.2. The molecular weight excluding hydrogens is 241 g/mol. The second-order valence-corrected chi connectivity index (χ2v) is 5.35. The fourth-order valence-electron chi connectivity index (χ4n) is 2.55. The molecular formula is C15H20FN3. The molecule has 0 aromatic heterocycles. The van der Waals surface area contributed by atoms with E-state index in [0.717, 1.165) is 24.9 Å². The Balaban J connectivity index is 1.96. The zero-order valence-electron chi connectivity index (χ0n) is 11.5. The van der Waals surface area contributed by atoms with E-state index in [2.05, 4.69) is 30.3 Å². The Bertz CT molecular complexity index is 481. The summed E-state index contributed by atoms with van der Waals surface area (Å²) in [5.41, 5.74) is 1.30. The molecule has 1 fully saturated rings. The van der Waals surface area contributed by atoms with Crippen LogP contribution >= 0.6 is 0 Å². The summed E-state index contributed by atoms with van der Waals surface area (Å²) >= 11 is 0. The second kappa shape index (κ2) is 6.14. The molecule has 2 atom stereocenters. The molecule has 1 aliphatic rings. The molecule has 19 heavy (non-hydrogen) atoms. The Morgan fingerprint density at radius 3 is 3.00 bits per heavy atom. The molecule has 2 rings (SSSR count). The van der Waals surface area contributed by atoms with Crippen molar-refractivity contribution >= 4 is 0 Å². The highest BCUT2D eigenvalue weighted by molar-refractivity contribution is 5.37. The maximum absolute atomic E-state index is 13.2. The van der Waals surface area contributed by atoms with E-state index in [-0.39, 0.29) is 5.82 Å². The minimum absolute atomic E-state index is 0.285. The number of nitrogens with zero attached hydrogens (tertiary/aromatic N) is 2. The van der Waals surface area contributed by atoms with Gasteiger partial charge >= 0.3 is 0 Å². The molecule has 1 N–H and O–H groups in total. The lowest BCUT2D eigenvalue weighted by Gasteiger charge is -2.35. The van der Waals surface area contributed by atoms with E-state index in [1.165, 1.54) is 12.1 Å². The first kappa shape index (κ1) is 14.0. The summed E-state index contributed by atoms with van der Waals surface area (Å²) in [5, 5.41) is 12.5. The molecule has 4 heteroatoms. The normalized spacial score (nSPS) is 24.1. The van der Waals surface area contributed by atoms with Crippen LogP contribution in [-0.4, -0.2) is 30.6 Å². The van der Waals surface area contributed by atoms with Gasteiger partial charge in [0.05, 0.1) is 11.6 Å². The summed E-state index contributed by atoms with van der Waals surface area (Å²) in [4.78, 5) is 2.35. The molecule has 1 heterocycles. The van der Waals surface area contributed by atoms with E-state index in [1.54, 1.807) is 6.07 Å². The molecule has 1 aromatic rings. The fraction of sp³-hybridized carbons (Fsp3) is 0.533. The number of nitrogens with one attached hydrogen (secondary N) is 1. The highest BCUT2D eigenvalue weighted by Crippen LogP contribution is 2.17. The van der Waals surface area contributed by atoms with Crippen molar-refractivity contribution in [2.24, 2.45) is 0 Å². The first-order chi connectivity index (χ1) is 9.10. The maximum atomic E-state index is 13.2. The van der Waals surface area contributed by atoms with E-state index in [0.29, 0.717) is 24.2 Å². The first-order valence-electron chi connectivity index (χ1n) is 6.72. The summed E-state index contributed by atoms with van der Waals surface area (Å²) in [6.45, 7) is 3.85. The predicted octanol–water partition coefficient (Wildman–Crippen LogP) is 2.27. The quantitative estimate of drug-likeness (QED) is 0.907. The van der Waals surface area contributed by atoms with Gasteiger partial charge in [-0.3, -0.25) is 0 Å². The van der Waals surface area contributed by atoms with Gasteiger partial charge in [-0.1, -0.05) is 0 Å². The van der Waals surface area contributed by atoms with Gasteiger partial charge in [-0.15, -0.1) is 0 Å². The van der Waals surface area contributed by atoms with Crippen molar-refractivity contribution in [3.63, 3.8) is 0 Å². The van der Waals surface area contributed by atoms with E-state index in [9.17, 15) is 4.39 Å². The van der Waals surface area contributed by atoms with Crippen molar-refractivity contribution in [3.8, 4) is 6.07 Å². The molecule has 2 unspecified atom stereocenters. The largest absolute Gasteiger partial charge is 0.310 e. The van der Waals surface area contributed by atoms with Gasteiger partial charge in [0.25, 0.3) is 0 Å². The van der Waals surface area contributed by atoms with Gasteiger partial charge in [0.15, 0.2) is 0 Å². The third kappa shape index (κ3) is 3.52. The molecule has 0 amide bonds. The minimum Gasteiger partial charge on any atom is -0.310 e. The zero-order chi connectivity index (χ0) is 13.8. The summed E-state index contributed by atoms with van der Waals surface area (Å²) in [5.74, 6) is -0.285. The monoisotopic (exact) mass is 261 g/mol. The van der Waals surface area contributed by atoms with Crippen LogP contribution in [0.5, 0.6) is 0 Å². The van der Waals surface area contributed by atoms with Crippen molar-refractivity contribution in [2.45, 2.75) is 38.4 Å². The lowest BCUT2D eigenvalue weighted by molar-refractivity contribution is 0.168. The van der Waals surface area contributed by atoms with E-state index >= 15 is 0 Å². The Morgan fingerprint density at radius 2 is 2.32 bits per heavy atom. The van der Waals surface area contributed by atoms with Crippen LogP contribution < -0.4 is 5.32 Å². The van der Waals surface area contributed by atoms with Gasteiger partial charge in [0.2, 0.25) is 0 Å². The van der Waals surface area contributed by atoms with E-state index in [1.807, 2.05) is 0 Å². The van der Waals surface area contributed by atoms with Crippen LogP contribution in [0.2, 0.25) is 0 Å². The molecule has 1 aliphatic heterocycles. The van der Waals surface area contributed by atoms with Crippen LogP contribution in [0, 0.1) is 17.1 Å². The Hall–Kier alpha value is -1.44.